The van der Waals surface area contributed by atoms with E-state index in [0.717, 1.165) is 16.7 Å². The standard InChI is InChI=1S/C22H22N2O3S/c1-15-5-4-6-19(13-15)23-22(25)18-9-11-20(12-10-18)28(26,27)24-21-14-16(2)7-8-17(21)3/h4-14,24H,1-3H3,(H,23,25). The van der Waals surface area contributed by atoms with Gasteiger partial charge in [0.1, 0.15) is 0 Å². The summed E-state index contributed by atoms with van der Waals surface area (Å²) >= 11 is 0. The van der Waals surface area contributed by atoms with Crippen LogP contribution in [0.3, 0.4) is 0 Å². The number of carbonyl (C=O) groups excluding carboxylic acids is 1. The van der Waals surface area contributed by atoms with Crippen molar-refractivity contribution in [2.45, 2.75) is 25.7 Å². The molecule has 0 radical (unpaired) electrons. The van der Waals surface area contributed by atoms with Crippen molar-refractivity contribution < 1.29 is 13.2 Å². The van der Waals surface area contributed by atoms with Crippen LogP contribution in [0.15, 0.2) is 71.6 Å². The van der Waals surface area contributed by atoms with Crippen LogP contribution < -0.4 is 10.0 Å². The molecular formula is C22H22N2O3S. The Bertz CT molecular complexity index is 1120. The third-order valence-electron chi connectivity index (χ3n) is 4.34. The number of benzene rings is 3. The van der Waals surface area contributed by atoms with Crippen molar-refractivity contribution in [3.63, 3.8) is 0 Å². The average Bonchev–Trinajstić information content (AvgIpc) is 2.64. The summed E-state index contributed by atoms with van der Waals surface area (Å²) in [5.41, 5.74) is 4.46. The average molecular weight is 394 g/mol. The number of sulfonamides is 1. The molecule has 28 heavy (non-hydrogen) atoms. The molecule has 5 nitrogen and oxygen atoms in total. The minimum Gasteiger partial charge on any atom is -0.322 e. The van der Waals surface area contributed by atoms with Gasteiger partial charge < -0.3 is 5.32 Å². The largest absolute Gasteiger partial charge is 0.322 e. The topological polar surface area (TPSA) is 75.3 Å². The first-order valence-corrected chi connectivity index (χ1v) is 10.3. The van der Waals surface area contributed by atoms with Gasteiger partial charge in [0.25, 0.3) is 15.9 Å². The fourth-order valence-electron chi connectivity index (χ4n) is 2.76. The van der Waals surface area contributed by atoms with Crippen molar-refractivity contribution in [2.24, 2.45) is 0 Å². The van der Waals surface area contributed by atoms with E-state index < -0.39 is 10.0 Å². The monoisotopic (exact) mass is 394 g/mol. The van der Waals surface area contributed by atoms with E-state index in [4.69, 9.17) is 0 Å². The zero-order valence-corrected chi connectivity index (χ0v) is 16.8. The second-order valence-electron chi connectivity index (χ2n) is 6.77. The minimum atomic E-state index is -3.74. The molecule has 0 spiro atoms. The van der Waals surface area contributed by atoms with Gasteiger partial charge in [-0.15, -0.1) is 0 Å². The first kappa shape index (κ1) is 19.6. The third kappa shape index (κ3) is 4.58. The highest BCUT2D eigenvalue weighted by Gasteiger charge is 2.16. The van der Waals surface area contributed by atoms with Crippen molar-refractivity contribution in [3.8, 4) is 0 Å². The number of carbonyl (C=O) groups is 1. The number of nitrogens with one attached hydrogen (secondary N) is 2. The van der Waals surface area contributed by atoms with E-state index in [1.807, 2.05) is 51.1 Å². The number of aryl methyl sites for hydroxylation is 3. The molecule has 0 saturated carbocycles. The number of hydrogen-bond donors (Lipinski definition) is 2. The zero-order chi connectivity index (χ0) is 20.3. The van der Waals surface area contributed by atoms with Gasteiger partial charge in [-0.05, 0) is 79.9 Å². The van der Waals surface area contributed by atoms with Crippen LogP contribution in [0.1, 0.15) is 27.0 Å². The van der Waals surface area contributed by atoms with Crippen LogP contribution in [0.4, 0.5) is 11.4 Å². The lowest BCUT2D eigenvalue weighted by atomic mass is 10.1. The Morgan fingerprint density at radius 2 is 1.50 bits per heavy atom. The molecule has 6 heteroatoms. The molecule has 0 fully saturated rings. The first-order valence-electron chi connectivity index (χ1n) is 8.83. The molecule has 3 rings (SSSR count). The summed E-state index contributed by atoms with van der Waals surface area (Å²) in [6, 6.07) is 18.9. The van der Waals surface area contributed by atoms with Crippen LogP contribution in [0.5, 0.6) is 0 Å². The second-order valence-corrected chi connectivity index (χ2v) is 8.45. The maximum absolute atomic E-state index is 12.7. The van der Waals surface area contributed by atoms with E-state index in [9.17, 15) is 13.2 Å². The van der Waals surface area contributed by atoms with Gasteiger partial charge in [-0.2, -0.15) is 0 Å². The fourth-order valence-corrected chi connectivity index (χ4v) is 3.88. The van der Waals surface area contributed by atoms with E-state index >= 15 is 0 Å². The van der Waals surface area contributed by atoms with Gasteiger partial charge in [-0.25, -0.2) is 8.42 Å². The highest BCUT2D eigenvalue weighted by Crippen LogP contribution is 2.21. The summed E-state index contributed by atoms with van der Waals surface area (Å²) < 4.78 is 27.9. The van der Waals surface area contributed by atoms with Gasteiger partial charge in [-0.1, -0.05) is 24.3 Å². The van der Waals surface area contributed by atoms with Gasteiger partial charge in [0.15, 0.2) is 0 Å². The van der Waals surface area contributed by atoms with E-state index in [-0.39, 0.29) is 10.8 Å². The normalized spacial score (nSPS) is 11.1. The third-order valence-corrected chi connectivity index (χ3v) is 5.72. The molecule has 0 aromatic heterocycles. The summed E-state index contributed by atoms with van der Waals surface area (Å²) in [4.78, 5) is 12.5. The van der Waals surface area contributed by atoms with Crippen molar-refractivity contribution in [2.75, 3.05) is 10.0 Å². The molecule has 0 atom stereocenters. The van der Waals surface area contributed by atoms with Crippen molar-refractivity contribution >= 4 is 27.3 Å². The highest BCUT2D eigenvalue weighted by molar-refractivity contribution is 7.92. The number of rotatable bonds is 5. The van der Waals surface area contributed by atoms with Crippen molar-refractivity contribution in [1.29, 1.82) is 0 Å². The minimum absolute atomic E-state index is 0.0977. The molecule has 0 heterocycles. The molecule has 0 aliphatic rings. The molecule has 3 aromatic rings. The maximum atomic E-state index is 12.7. The van der Waals surface area contributed by atoms with Crippen molar-refractivity contribution in [1.82, 2.24) is 0 Å². The van der Waals surface area contributed by atoms with Crippen LogP contribution in [0.2, 0.25) is 0 Å². The zero-order valence-electron chi connectivity index (χ0n) is 16.0. The molecule has 0 unspecified atom stereocenters. The quantitative estimate of drug-likeness (QED) is 0.661. The van der Waals surface area contributed by atoms with Crippen LogP contribution in [-0.4, -0.2) is 14.3 Å². The molecule has 3 aromatic carbocycles. The Balaban J connectivity index is 1.77. The number of amides is 1. The van der Waals surface area contributed by atoms with Crippen molar-refractivity contribution in [3.05, 3.63) is 89.0 Å². The van der Waals surface area contributed by atoms with Crippen LogP contribution in [-0.2, 0) is 10.0 Å². The smallest absolute Gasteiger partial charge is 0.261 e. The summed E-state index contributed by atoms with van der Waals surface area (Å²) in [7, 11) is -3.74. The summed E-state index contributed by atoms with van der Waals surface area (Å²) in [6.07, 6.45) is 0. The summed E-state index contributed by atoms with van der Waals surface area (Å²) in [5.74, 6) is -0.294. The second kappa shape index (κ2) is 7.86. The Hall–Kier alpha value is -3.12. The maximum Gasteiger partial charge on any atom is 0.261 e. The molecule has 0 bridgehead atoms. The number of anilines is 2. The van der Waals surface area contributed by atoms with E-state index in [2.05, 4.69) is 10.0 Å². The molecule has 0 saturated heterocycles. The van der Waals surface area contributed by atoms with Gasteiger partial charge in [0.2, 0.25) is 0 Å². The molecule has 144 valence electrons. The van der Waals surface area contributed by atoms with Crippen LogP contribution in [0.25, 0.3) is 0 Å². The predicted octanol–water partition coefficient (Wildman–Crippen LogP) is 4.66. The Morgan fingerprint density at radius 1 is 0.821 bits per heavy atom. The van der Waals surface area contributed by atoms with Gasteiger partial charge >= 0.3 is 0 Å². The van der Waals surface area contributed by atoms with Gasteiger partial charge in [-0.3, -0.25) is 9.52 Å². The highest BCUT2D eigenvalue weighted by atomic mass is 32.2. The molecule has 0 aliphatic heterocycles. The molecule has 1 amide bonds. The Labute approximate surface area is 165 Å². The van der Waals surface area contributed by atoms with Gasteiger partial charge in [0.05, 0.1) is 10.6 Å². The van der Waals surface area contributed by atoms with Gasteiger partial charge in [0, 0.05) is 11.3 Å². The SMILES string of the molecule is Cc1cccc(NC(=O)c2ccc(S(=O)(=O)Nc3cc(C)ccc3C)cc2)c1. The lowest BCUT2D eigenvalue weighted by Gasteiger charge is -2.12. The Kier molecular flexibility index (Phi) is 5.51. The van der Waals surface area contributed by atoms with Crippen LogP contribution >= 0.6 is 0 Å². The number of hydrogen-bond acceptors (Lipinski definition) is 3. The van der Waals surface area contributed by atoms with E-state index in [1.54, 1.807) is 12.1 Å². The molecule has 0 aliphatic carbocycles. The van der Waals surface area contributed by atoms with E-state index in [1.165, 1.54) is 24.3 Å². The first-order chi connectivity index (χ1) is 13.2. The summed E-state index contributed by atoms with van der Waals surface area (Å²) in [6.45, 7) is 5.69. The lowest BCUT2D eigenvalue weighted by Crippen LogP contribution is -2.15. The molecule has 2 N–H and O–H groups in total. The van der Waals surface area contributed by atoms with E-state index in [0.29, 0.717) is 16.9 Å². The Morgan fingerprint density at radius 3 is 2.18 bits per heavy atom. The summed E-state index contributed by atoms with van der Waals surface area (Å²) in [5, 5.41) is 2.81. The fraction of sp³-hybridized carbons (Fsp3) is 0.136. The predicted molar refractivity (Wildman–Crippen MR) is 112 cm³/mol. The van der Waals surface area contributed by atoms with Crippen LogP contribution in [0, 0.1) is 20.8 Å². The lowest BCUT2D eigenvalue weighted by molar-refractivity contribution is 0.102. The molecular weight excluding hydrogens is 372 g/mol.